The van der Waals surface area contributed by atoms with Crippen LogP contribution in [0.25, 0.3) is 0 Å². The van der Waals surface area contributed by atoms with Crippen molar-refractivity contribution in [1.82, 2.24) is 14.9 Å². The fraction of sp³-hybridized carbons (Fsp3) is 0.545. The zero-order chi connectivity index (χ0) is 13.1. The zero-order valence-electron chi connectivity index (χ0n) is 9.81. The number of hydrogen-bond donors (Lipinski definition) is 3. The standard InChI is InChI=1S/C11H15N3O4/c15-6-7-1-2-14(5-7)10(17)4-8-3-9(16)13-11(18)12-8/h3,7,15H,1-2,4-6H2,(H2,12,13,16,18). The second-order valence-electron chi connectivity index (χ2n) is 4.47. The number of H-pyrrole nitrogens is 2. The van der Waals surface area contributed by atoms with Crippen molar-refractivity contribution in [1.29, 1.82) is 0 Å². The Bertz CT molecular complexity index is 519. The lowest BCUT2D eigenvalue weighted by Crippen LogP contribution is -2.32. The van der Waals surface area contributed by atoms with Gasteiger partial charge < -0.3 is 15.0 Å². The highest BCUT2D eigenvalue weighted by molar-refractivity contribution is 5.78. The summed E-state index contributed by atoms with van der Waals surface area (Å²) in [5.41, 5.74) is -0.822. The zero-order valence-corrected chi connectivity index (χ0v) is 9.81. The number of aromatic nitrogens is 2. The molecule has 0 bridgehead atoms. The minimum absolute atomic E-state index is 0.00267. The van der Waals surface area contributed by atoms with Crippen molar-refractivity contribution in [2.45, 2.75) is 12.8 Å². The van der Waals surface area contributed by atoms with E-state index in [0.717, 1.165) is 6.42 Å². The quantitative estimate of drug-likeness (QED) is 0.606. The molecule has 0 aliphatic carbocycles. The lowest BCUT2D eigenvalue weighted by Gasteiger charge is -2.15. The molecule has 3 N–H and O–H groups in total. The van der Waals surface area contributed by atoms with Crippen LogP contribution in [-0.4, -0.2) is 45.6 Å². The minimum atomic E-state index is -0.611. The number of carbonyl (C=O) groups is 1. The summed E-state index contributed by atoms with van der Waals surface area (Å²) in [7, 11) is 0. The largest absolute Gasteiger partial charge is 0.396 e. The number of likely N-dealkylation sites (tertiary alicyclic amines) is 1. The van der Waals surface area contributed by atoms with Crippen LogP contribution >= 0.6 is 0 Å². The molecule has 1 aromatic rings. The predicted molar refractivity (Wildman–Crippen MR) is 63.2 cm³/mol. The molecule has 7 heteroatoms. The van der Waals surface area contributed by atoms with Crippen molar-refractivity contribution >= 4 is 5.91 Å². The maximum atomic E-state index is 11.9. The number of carbonyl (C=O) groups excluding carboxylic acids is 1. The number of aliphatic hydroxyl groups is 1. The number of aliphatic hydroxyl groups excluding tert-OH is 1. The van der Waals surface area contributed by atoms with Crippen LogP contribution in [0.5, 0.6) is 0 Å². The molecule has 0 aromatic carbocycles. The smallest absolute Gasteiger partial charge is 0.325 e. The van der Waals surface area contributed by atoms with Gasteiger partial charge in [0.25, 0.3) is 5.56 Å². The second kappa shape index (κ2) is 5.18. The van der Waals surface area contributed by atoms with Crippen LogP contribution in [0.15, 0.2) is 15.7 Å². The summed E-state index contributed by atoms with van der Waals surface area (Å²) < 4.78 is 0. The lowest BCUT2D eigenvalue weighted by molar-refractivity contribution is -0.129. The highest BCUT2D eigenvalue weighted by Crippen LogP contribution is 2.15. The van der Waals surface area contributed by atoms with Crippen LogP contribution in [0.3, 0.4) is 0 Å². The minimum Gasteiger partial charge on any atom is -0.396 e. The first kappa shape index (κ1) is 12.6. The monoisotopic (exact) mass is 253 g/mol. The number of aromatic amines is 2. The fourth-order valence-corrected chi connectivity index (χ4v) is 2.10. The van der Waals surface area contributed by atoms with E-state index in [1.807, 2.05) is 4.98 Å². The molecule has 1 saturated heterocycles. The first-order valence-corrected chi connectivity index (χ1v) is 5.79. The van der Waals surface area contributed by atoms with Gasteiger partial charge in [0.1, 0.15) is 0 Å². The molecule has 1 aliphatic heterocycles. The Morgan fingerprint density at radius 1 is 1.44 bits per heavy atom. The second-order valence-corrected chi connectivity index (χ2v) is 4.47. The highest BCUT2D eigenvalue weighted by atomic mass is 16.3. The van der Waals surface area contributed by atoms with Crippen LogP contribution in [0.4, 0.5) is 0 Å². The van der Waals surface area contributed by atoms with E-state index in [1.54, 1.807) is 4.90 Å². The van der Waals surface area contributed by atoms with Crippen molar-refractivity contribution < 1.29 is 9.90 Å². The first-order valence-electron chi connectivity index (χ1n) is 5.79. The van der Waals surface area contributed by atoms with Crippen LogP contribution < -0.4 is 11.2 Å². The molecule has 7 nitrogen and oxygen atoms in total. The molecule has 2 heterocycles. The van der Waals surface area contributed by atoms with Gasteiger partial charge in [-0.15, -0.1) is 0 Å². The summed E-state index contributed by atoms with van der Waals surface area (Å²) in [5.74, 6) is -0.0145. The van der Waals surface area contributed by atoms with E-state index in [-0.39, 0.29) is 24.9 Å². The van der Waals surface area contributed by atoms with Gasteiger partial charge in [0.15, 0.2) is 0 Å². The third kappa shape index (κ3) is 2.86. The third-order valence-electron chi connectivity index (χ3n) is 3.05. The number of hydrogen-bond acceptors (Lipinski definition) is 4. The van der Waals surface area contributed by atoms with Gasteiger partial charge in [-0.25, -0.2) is 4.79 Å². The van der Waals surface area contributed by atoms with Gasteiger partial charge in [-0.3, -0.25) is 14.6 Å². The van der Waals surface area contributed by atoms with Gasteiger partial charge in [-0.1, -0.05) is 0 Å². The third-order valence-corrected chi connectivity index (χ3v) is 3.05. The SMILES string of the molecule is O=C(Cc1cc(=O)[nH]c(=O)[nH]1)N1CCC(CO)C1. The van der Waals surface area contributed by atoms with Gasteiger partial charge in [-0.2, -0.15) is 0 Å². The Labute approximate surface area is 102 Å². The number of nitrogens with zero attached hydrogens (tertiary/aromatic N) is 1. The number of nitrogens with one attached hydrogen (secondary N) is 2. The van der Waals surface area contributed by atoms with Crippen LogP contribution in [-0.2, 0) is 11.2 Å². The van der Waals surface area contributed by atoms with Gasteiger partial charge >= 0.3 is 5.69 Å². The molecule has 1 amide bonds. The maximum absolute atomic E-state index is 11.9. The lowest BCUT2D eigenvalue weighted by atomic mass is 10.1. The van der Waals surface area contributed by atoms with E-state index in [4.69, 9.17) is 5.11 Å². The molecule has 1 fully saturated rings. The number of rotatable bonds is 3. The van der Waals surface area contributed by atoms with Crippen molar-refractivity contribution in [2.24, 2.45) is 5.92 Å². The average Bonchev–Trinajstić information content (AvgIpc) is 2.75. The summed E-state index contributed by atoms with van der Waals surface area (Å²) in [4.78, 5) is 40.1. The molecular formula is C11H15N3O4. The van der Waals surface area contributed by atoms with Crippen LogP contribution in [0, 0.1) is 5.92 Å². The summed E-state index contributed by atoms with van der Waals surface area (Å²) in [6.07, 6.45) is 0.783. The highest BCUT2D eigenvalue weighted by Gasteiger charge is 2.25. The van der Waals surface area contributed by atoms with E-state index < -0.39 is 11.2 Å². The van der Waals surface area contributed by atoms with Crippen molar-refractivity contribution in [2.75, 3.05) is 19.7 Å². The number of amides is 1. The van der Waals surface area contributed by atoms with Crippen molar-refractivity contribution in [3.8, 4) is 0 Å². The Morgan fingerprint density at radius 3 is 2.83 bits per heavy atom. The first-order chi connectivity index (χ1) is 8.58. The molecule has 1 aromatic heterocycles. The topological polar surface area (TPSA) is 106 Å². The molecule has 1 aliphatic rings. The Balaban J connectivity index is 2.03. The Hall–Kier alpha value is -1.89. The normalized spacial score (nSPS) is 19.2. The molecule has 1 atom stereocenters. The summed E-state index contributed by atoms with van der Waals surface area (Å²) in [6.45, 7) is 1.21. The van der Waals surface area contributed by atoms with E-state index in [2.05, 4.69) is 4.98 Å². The van der Waals surface area contributed by atoms with E-state index in [1.165, 1.54) is 6.07 Å². The molecule has 0 radical (unpaired) electrons. The average molecular weight is 253 g/mol. The molecule has 0 spiro atoms. The van der Waals surface area contributed by atoms with Crippen molar-refractivity contribution in [3.05, 3.63) is 32.6 Å². The van der Waals surface area contributed by atoms with Gasteiger partial charge in [-0.05, 0) is 6.42 Å². The molecular weight excluding hydrogens is 238 g/mol. The molecule has 1 unspecified atom stereocenters. The molecule has 2 rings (SSSR count). The molecule has 0 saturated carbocycles. The summed E-state index contributed by atoms with van der Waals surface area (Å²) >= 11 is 0. The van der Waals surface area contributed by atoms with Crippen molar-refractivity contribution in [3.63, 3.8) is 0 Å². The van der Waals surface area contributed by atoms with Gasteiger partial charge in [0, 0.05) is 37.4 Å². The van der Waals surface area contributed by atoms with Gasteiger partial charge in [0.2, 0.25) is 5.91 Å². The summed E-state index contributed by atoms with van der Waals surface area (Å²) in [6, 6.07) is 1.21. The van der Waals surface area contributed by atoms with Crippen LogP contribution in [0.2, 0.25) is 0 Å². The van der Waals surface area contributed by atoms with Crippen LogP contribution in [0.1, 0.15) is 12.1 Å². The predicted octanol–water partition coefficient (Wildman–Crippen LogP) is -1.55. The van der Waals surface area contributed by atoms with E-state index >= 15 is 0 Å². The maximum Gasteiger partial charge on any atom is 0.325 e. The fourth-order valence-electron chi connectivity index (χ4n) is 2.10. The van der Waals surface area contributed by atoms with Gasteiger partial charge in [0.05, 0.1) is 6.42 Å². The molecule has 98 valence electrons. The molecule has 18 heavy (non-hydrogen) atoms. The Kier molecular flexibility index (Phi) is 3.61. The van der Waals surface area contributed by atoms with E-state index in [9.17, 15) is 14.4 Å². The van der Waals surface area contributed by atoms with E-state index in [0.29, 0.717) is 18.8 Å². The Morgan fingerprint density at radius 2 is 2.22 bits per heavy atom. The summed E-state index contributed by atoms with van der Waals surface area (Å²) in [5, 5.41) is 9.00.